The Balaban J connectivity index is 1.92. The molecule has 5 heteroatoms. The van der Waals surface area contributed by atoms with E-state index >= 15 is 0 Å². The van der Waals surface area contributed by atoms with E-state index in [0.717, 1.165) is 35.0 Å². The first-order valence-electron chi connectivity index (χ1n) is 7.11. The zero-order valence-corrected chi connectivity index (χ0v) is 12.6. The number of nitrogens with zero attached hydrogens (tertiary/aromatic N) is 2. The van der Waals surface area contributed by atoms with Gasteiger partial charge in [-0.1, -0.05) is 23.9 Å². The fourth-order valence-electron chi connectivity index (χ4n) is 2.99. The van der Waals surface area contributed by atoms with Crippen LogP contribution in [0.25, 0.3) is 16.7 Å². The fourth-order valence-corrected chi connectivity index (χ4v) is 4.17. The third-order valence-corrected chi connectivity index (χ3v) is 5.00. The van der Waals surface area contributed by atoms with Gasteiger partial charge in [-0.05, 0) is 19.1 Å². The minimum Gasteiger partial charge on any atom is -0.461 e. The van der Waals surface area contributed by atoms with Gasteiger partial charge in [0.2, 0.25) is 0 Å². The number of benzene rings is 1. The number of fused-ring (bicyclic) bond motifs is 2. The molecular formula is C16H16N2O2S. The molecule has 1 aromatic carbocycles. The van der Waals surface area contributed by atoms with E-state index < -0.39 is 0 Å². The van der Waals surface area contributed by atoms with Gasteiger partial charge in [0, 0.05) is 35.4 Å². The second kappa shape index (κ2) is 4.93. The molecule has 0 fully saturated rings. The summed E-state index contributed by atoms with van der Waals surface area (Å²) in [6, 6.07) is 8.25. The first kappa shape index (κ1) is 13.0. The summed E-state index contributed by atoms with van der Waals surface area (Å²) in [6.45, 7) is 3.89. The molecule has 1 aromatic heterocycles. The second-order valence-corrected chi connectivity index (χ2v) is 6.30. The molecule has 108 valence electrons. The van der Waals surface area contributed by atoms with Crippen molar-refractivity contribution < 1.29 is 9.52 Å². The van der Waals surface area contributed by atoms with E-state index in [4.69, 9.17) is 4.42 Å². The Morgan fingerprint density at radius 2 is 2.33 bits per heavy atom. The van der Waals surface area contributed by atoms with Crippen LogP contribution in [-0.2, 0) is 0 Å². The Morgan fingerprint density at radius 1 is 1.43 bits per heavy atom. The number of amidine groups is 1. The lowest BCUT2D eigenvalue weighted by atomic mass is 10.0. The van der Waals surface area contributed by atoms with Crippen LogP contribution in [0, 0.1) is 6.92 Å². The zero-order valence-electron chi connectivity index (χ0n) is 11.8. The van der Waals surface area contributed by atoms with Crippen LogP contribution in [-0.4, -0.2) is 34.9 Å². The number of thioether (sulfide) groups is 1. The van der Waals surface area contributed by atoms with Crippen molar-refractivity contribution in [3.05, 3.63) is 40.5 Å². The van der Waals surface area contributed by atoms with Crippen LogP contribution in [0.15, 0.2) is 38.6 Å². The van der Waals surface area contributed by atoms with Crippen LogP contribution in [0.2, 0.25) is 0 Å². The number of rotatable bonds is 3. The van der Waals surface area contributed by atoms with Gasteiger partial charge in [0.05, 0.1) is 12.2 Å². The topological polar surface area (TPSA) is 49.0 Å². The minimum atomic E-state index is 0.160. The van der Waals surface area contributed by atoms with Crippen molar-refractivity contribution in [3.63, 3.8) is 0 Å². The van der Waals surface area contributed by atoms with Crippen LogP contribution >= 0.6 is 11.8 Å². The van der Waals surface area contributed by atoms with Crippen LogP contribution in [0.3, 0.4) is 0 Å². The summed E-state index contributed by atoms with van der Waals surface area (Å²) in [5, 5.41) is 11.5. The van der Waals surface area contributed by atoms with E-state index in [1.165, 1.54) is 16.2 Å². The maximum atomic E-state index is 9.35. The van der Waals surface area contributed by atoms with Crippen LogP contribution in [0.1, 0.15) is 17.7 Å². The van der Waals surface area contributed by atoms with E-state index in [2.05, 4.69) is 22.0 Å². The monoisotopic (exact) mass is 300 g/mol. The Morgan fingerprint density at radius 3 is 3.19 bits per heavy atom. The van der Waals surface area contributed by atoms with Crippen molar-refractivity contribution >= 4 is 33.6 Å². The average Bonchev–Trinajstić information content (AvgIpc) is 3.11. The standard InChI is InChI=1S/C16H16N2O2S/c1-10-9-12-11(3-2-4-13(12)20-10)15-14(5-8-19)21-16-17-6-7-18(15)16/h2-4,9,19H,5-8H2,1H3. The van der Waals surface area contributed by atoms with Gasteiger partial charge in [0.25, 0.3) is 0 Å². The van der Waals surface area contributed by atoms with E-state index in [9.17, 15) is 5.11 Å². The van der Waals surface area contributed by atoms with Gasteiger partial charge in [-0.15, -0.1) is 0 Å². The van der Waals surface area contributed by atoms with Crippen molar-refractivity contribution in [1.29, 1.82) is 0 Å². The summed E-state index contributed by atoms with van der Waals surface area (Å²) < 4.78 is 5.75. The quantitative estimate of drug-likeness (QED) is 0.945. The zero-order chi connectivity index (χ0) is 14.4. The van der Waals surface area contributed by atoms with Gasteiger partial charge in [-0.3, -0.25) is 4.99 Å². The summed E-state index contributed by atoms with van der Waals surface area (Å²) in [5.41, 5.74) is 3.28. The lowest BCUT2D eigenvalue weighted by Gasteiger charge is -2.18. The number of aryl methyl sites for hydroxylation is 1. The highest BCUT2D eigenvalue weighted by molar-refractivity contribution is 8.17. The van der Waals surface area contributed by atoms with Crippen molar-refractivity contribution in [3.8, 4) is 0 Å². The third-order valence-electron chi connectivity index (χ3n) is 3.83. The first-order chi connectivity index (χ1) is 10.3. The van der Waals surface area contributed by atoms with Gasteiger partial charge in [-0.25, -0.2) is 0 Å². The number of aliphatic hydroxyl groups excluding tert-OH is 1. The van der Waals surface area contributed by atoms with Crippen molar-refractivity contribution in [1.82, 2.24) is 4.90 Å². The van der Waals surface area contributed by atoms with E-state index in [1.807, 2.05) is 19.1 Å². The van der Waals surface area contributed by atoms with Gasteiger partial charge in [0.1, 0.15) is 11.3 Å². The largest absolute Gasteiger partial charge is 0.461 e. The van der Waals surface area contributed by atoms with E-state index in [0.29, 0.717) is 6.42 Å². The maximum Gasteiger partial charge on any atom is 0.168 e. The maximum absolute atomic E-state index is 9.35. The highest BCUT2D eigenvalue weighted by Gasteiger charge is 2.33. The molecule has 0 unspecified atom stereocenters. The summed E-state index contributed by atoms with van der Waals surface area (Å²) in [6.07, 6.45) is 0.669. The fraction of sp³-hybridized carbons (Fsp3) is 0.312. The Labute approximate surface area is 127 Å². The molecular weight excluding hydrogens is 284 g/mol. The molecule has 1 N–H and O–H groups in total. The lowest BCUT2D eigenvalue weighted by Crippen LogP contribution is -2.20. The highest BCUT2D eigenvalue weighted by Crippen LogP contribution is 2.44. The molecule has 0 saturated heterocycles. The van der Waals surface area contributed by atoms with Gasteiger partial charge in [-0.2, -0.15) is 0 Å². The van der Waals surface area contributed by atoms with Crippen LogP contribution in [0.4, 0.5) is 0 Å². The van der Waals surface area contributed by atoms with E-state index in [1.54, 1.807) is 11.8 Å². The van der Waals surface area contributed by atoms with Crippen LogP contribution < -0.4 is 0 Å². The molecule has 2 aromatic rings. The molecule has 0 amide bonds. The molecule has 2 aliphatic heterocycles. The molecule has 21 heavy (non-hydrogen) atoms. The smallest absolute Gasteiger partial charge is 0.168 e. The summed E-state index contributed by atoms with van der Waals surface area (Å²) in [4.78, 5) is 8.02. The highest BCUT2D eigenvalue weighted by atomic mass is 32.2. The molecule has 3 heterocycles. The van der Waals surface area contributed by atoms with Crippen molar-refractivity contribution in [2.45, 2.75) is 13.3 Å². The molecule has 0 saturated carbocycles. The lowest BCUT2D eigenvalue weighted by molar-refractivity contribution is 0.301. The Bertz CT molecular complexity index is 776. The molecule has 0 aliphatic carbocycles. The molecule has 0 spiro atoms. The Kier molecular flexibility index (Phi) is 3.05. The average molecular weight is 300 g/mol. The number of furan rings is 1. The van der Waals surface area contributed by atoms with Crippen LogP contribution in [0.5, 0.6) is 0 Å². The molecule has 2 aliphatic rings. The summed E-state index contributed by atoms with van der Waals surface area (Å²) in [5.74, 6) is 0.919. The number of hydrogen-bond donors (Lipinski definition) is 1. The number of hydrogen-bond acceptors (Lipinski definition) is 5. The van der Waals surface area contributed by atoms with Gasteiger partial charge in [0.15, 0.2) is 5.17 Å². The summed E-state index contributed by atoms with van der Waals surface area (Å²) in [7, 11) is 0. The summed E-state index contributed by atoms with van der Waals surface area (Å²) >= 11 is 1.69. The third kappa shape index (κ3) is 2.00. The number of aliphatic hydroxyl groups is 1. The van der Waals surface area contributed by atoms with Crippen molar-refractivity contribution in [2.24, 2.45) is 4.99 Å². The molecule has 0 radical (unpaired) electrons. The van der Waals surface area contributed by atoms with E-state index in [-0.39, 0.29) is 6.61 Å². The molecule has 0 bridgehead atoms. The minimum absolute atomic E-state index is 0.160. The SMILES string of the molecule is Cc1cc2c(C3=C(CCO)SC4=NCCN43)cccc2o1. The number of aliphatic imine (C=N–C) groups is 1. The predicted octanol–water partition coefficient (Wildman–Crippen LogP) is 3.21. The second-order valence-electron chi connectivity index (χ2n) is 5.24. The molecule has 4 nitrogen and oxygen atoms in total. The Hall–Kier alpha value is -1.72. The van der Waals surface area contributed by atoms with Crippen molar-refractivity contribution in [2.75, 3.05) is 19.7 Å². The molecule has 4 rings (SSSR count). The van der Waals surface area contributed by atoms with Gasteiger partial charge >= 0.3 is 0 Å². The first-order valence-corrected chi connectivity index (χ1v) is 7.93. The molecule has 0 atom stereocenters. The predicted molar refractivity (Wildman–Crippen MR) is 86.2 cm³/mol. The van der Waals surface area contributed by atoms with Gasteiger partial charge < -0.3 is 14.4 Å². The normalized spacial score (nSPS) is 17.8.